The second-order valence-corrected chi connectivity index (χ2v) is 3.47. The van der Waals surface area contributed by atoms with Crippen molar-refractivity contribution in [2.75, 3.05) is 7.11 Å². The Balaban J connectivity index is 3.11. The van der Waals surface area contributed by atoms with Gasteiger partial charge in [0.25, 0.3) is 0 Å². The first kappa shape index (κ1) is 11.0. The van der Waals surface area contributed by atoms with E-state index < -0.39 is 6.10 Å². The summed E-state index contributed by atoms with van der Waals surface area (Å²) < 4.78 is 18.2. The highest BCUT2D eigenvalue weighted by Crippen LogP contribution is 2.25. The molecule has 0 aliphatic carbocycles. The van der Waals surface area contributed by atoms with Crippen LogP contribution < -0.4 is 4.74 Å². The van der Waals surface area contributed by atoms with Crippen molar-refractivity contribution < 1.29 is 14.2 Å². The Morgan fingerprint density at radius 1 is 1.50 bits per heavy atom. The van der Waals surface area contributed by atoms with Crippen molar-refractivity contribution >= 4 is 0 Å². The van der Waals surface area contributed by atoms with Gasteiger partial charge in [-0.2, -0.15) is 0 Å². The van der Waals surface area contributed by atoms with Crippen LogP contribution >= 0.6 is 0 Å². The Kier molecular flexibility index (Phi) is 3.47. The number of benzene rings is 1. The van der Waals surface area contributed by atoms with Crippen molar-refractivity contribution in [2.24, 2.45) is 0 Å². The van der Waals surface area contributed by atoms with Crippen molar-refractivity contribution in [3.8, 4) is 5.75 Å². The number of hydrogen-bond donors (Lipinski definition) is 1. The van der Waals surface area contributed by atoms with Crippen LogP contribution in [0.4, 0.5) is 4.39 Å². The zero-order valence-corrected chi connectivity index (χ0v) is 8.67. The number of halogens is 1. The predicted molar refractivity (Wildman–Crippen MR) is 53.1 cm³/mol. The van der Waals surface area contributed by atoms with Gasteiger partial charge in [0, 0.05) is 6.42 Å². The lowest BCUT2D eigenvalue weighted by molar-refractivity contribution is 0.194. The van der Waals surface area contributed by atoms with E-state index in [4.69, 9.17) is 4.74 Å². The third-order valence-electron chi connectivity index (χ3n) is 2.04. The monoisotopic (exact) mass is 198 g/mol. The lowest BCUT2D eigenvalue weighted by atomic mass is 10.0. The summed E-state index contributed by atoms with van der Waals surface area (Å²) in [6.45, 7) is 3.45. The van der Waals surface area contributed by atoms with Gasteiger partial charge in [-0.25, -0.2) is 4.39 Å². The Hall–Kier alpha value is -1.09. The summed E-state index contributed by atoms with van der Waals surface area (Å²) in [7, 11) is 1.55. The molecule has 0 bridgehead atoms. The molecule has 0 aliphatic rings. The van der Waals surface area contributed by atoms with Gasteiger partial charge in [-0.15, -0.1) is 0 Å². The topological polar surface area (TPSA) is 29.5 Å². The van der Waals surface area contributed by atoms with Gasteiger partial charge in [0.2, 0.25) is 0 Å². The van der Waals surface area contributed by atoms with E-state index >= 15 is 0 Å². The minimum absolute atomic E-state index is 0.293. The molecule has 3 heteroatoms. The van der Waals surface area contributed by atoms with Crippen LogP contribution in [0.15, 0.2) is 12.1 Å². The van der Waals surface area contributed by atoms with E-state index in [1.54, 1.807) is 21.0 Å². The second kappa shape index (κ2) is 4.42. The number of methoxy groups -OCH3 is 1. The molecule has 2 nitrogen and oxygen atoms in total. The van der Waals surface area contributed by atoms with Crippen molar-refractivity contribution in [1.82, 2.24) is 0 Å². The molecule has 0 aromatic heterocycles. The summed E-state index contributed by atoms with van der Waals surface area (Å²) in [6.07, 6.45) is -0.0907. The molecule has 0 saturated heterocycles. The number of aliphatic hydroxyl groups is 1. The summed E-state index contributed by atoms with van der Waals surface area (Å²) in [4.78, 5) is 0. The summed E-state index contributed by atoms with van der Waals surface area (Å²) in [5.74, 6) is 0.367. The van der Waals surface area contributed by atoms with Crippen LogP contribution in [0.5, 0.6) is 5.75 Å². The average Bonchev–Trinajstić information content (AvgIpc) is 2.01. The van der Waals surface area contributed by atoms with Gasteiger partial charge >= 0.3 is 0 Å². The molecule has 1 unspecified atom stereocenters. The summed E-state index contributed by atoms with van der Waals surface area (Å²) >= 11 is 0. The first-order chi connectivity index (χ1) is 6.54. The van der Waals surface area contributed by atoms with E-state index in [9.17, 15) is 9.50 Å². The van der Waals surface area contributed by atoms with Crippen LogP contribution in [0.1, 0.15) is 18.1 Å². The van der Waals surface area contributed by atoms with Crippen molar-refractivity contribution in [3.05, 3.63) is 29.1 Å². The maximum Gasteiger partial charge on any atom is 0.125 e. The van der Waals surface area contributed by atoms with Crippen molar-refractivity contribution in [2.45, 2.75) is 26.4 Å². The van der Waals surface area contributed by atoms with E-state index in [0.29, 0.717) is 17.7 Å². The van der Waals surface area contributed by atoms with E-state index in [0.717, 1.165) is 5.56 Å². The van der Waals surface area contributed by atoms with Gasteiger partial charge in [0.15, 0.2) is 0 Å². The Morgan fingerprint density at radius 3 is 2.64 bits per heavy atom. The maximum atomic E-state index is 13.1. The number of rotatable bonds is 3. The molecule has 1 aromatic rings. The molecule has 0 fully saturated rings. The Morgan fingerprint density at radius 2 is 2.14 bits per heavy atom. The highest BCUT2D eigenvalue weighted by molar-refractivity contribution is 5.41. The number of ether oxygens (including phenoxy) is 1. The zero-order valence-electron chi connectivity index (χ0n) is 8.67. The molecule has 14 heavy (non-hydrogen) atoms. The SMILES string of the molecule is COc1c(C)cc(F)cc1CC(C)O. The fraction of sp³-hybridized carbons (Fsp3) is 0.455. The van der Waals surface area contributed by atoms with Crippen LogP contribution in [-0.4, -0.2) is 18.3 Å². The molecule has 1 atom stereocenters. The Bertz CT molecular complexity index is 321. The van der Waals surface area contributed by atoms with Gasteiger partial charge in [-0.1, -0.05) is 0 Å². The van der Waals surface area contributed by atoms with Crippen LogP contribution in [0, 0.1) is 12.7 Å². The molecular weight excluding hydrogens is 183 g/mol. The number of aliphatic hydroxyl groups excluding tert-OH is 1. The van der Waals surface area contributed by atoms with E-state index in [1.165, 1.54) is 12.1 Å². The molecule has 1 aromatic carbocycles. The first-order valence-corrected chi connectivity index (χ1v) is 4.55. The van der Waals surface area contributed by atoms with Crippen LogP contribution in [-0.2, 0) is 6.42 Å². The van der Waals surface area contributed by atoms with Gasteiger partial charge in [-0.05, 0) is 37.1 Å². The average molecular weight is 198 g/mol. The van der Waals surface area contributed by atoms with Gasteiger partial charge < -0.3 is 9.84 Å². The van der Waals surface area contributed by atoms with Gasteiger partial charge in [0.1, 0.15) is 11.6 Å². The molecule has 0 aliphatic heterocycles. The summed E-state index contributed by atoms with van der Waals surface area (Å²) in [5, 5.41) is 9.23. The molecule has 1 rings (SSSR count). The fourth-order valence-corrected chi connectivity index (χ4v) is 1.56. The van der Waals surface area contributed by atoms with Crippen molar-refractivity contribution in [3.63, 3.8) is 0 Å². The number of hydrogen-bond acceptors (Lipinski definition) is 2. The summed E-state index contributed by atoms with van der Waals surface area (Å²) in [6, 6.07) is 2.82. The maximum absolute atomic E-state index is 13.1. The fourth-order valence-electron chi connectivity index (χ4n) is 1.56. The smallest absolute Gasteiger partial charge is 0.125 e. The largest absolute Gasteiger partial charge is 0.496 e. The van der Waals surface area contributed by atoms with E-state index in [-0.39, 0.29) is 5.82 Å². The third kappa shape index (κ3) is 2.45. The lowest BCUT2D eigenvalue weighted by Gasteiger charge is -2.12. The minimum atomic E-state index is -0.495. The summed E-state index contributed by atoms with van der Waals surface area (Å²) in [5.41, 5.74) is 1.46. The predicted octanol–water partition coefficient (Wildman–Crippen LogP) is 2.07. The van der Waals surface area contributed by atoms with Crippen LogP contribution in [0.2, 0.25) is 0 Å². The molecule has 1 N–H and O–H groups in total. The standard InChI is InChI=1S/C11H15FO2/c1-7-4-10(12)6-9(5-8(2)13)11(7)14-3/h4,6,8,13H,5H2,1-3H3. The highest BCUT2D eigenvalue weighted by atomic mass is 19.1. The van der Waals surface area contributed by atoms with Crippen LogP contribution in [0.25, 0.3) is 0 Å². The highest BCUT2D eigenvalue weighted by Gasteiger charge is 2.10. The number of aryl methyl sites for hydroxylation is 1. The van der Waals surface area contributed by atoms with Gasteiger partial charge in [-0.3, -0.25) is 0 Å². The van der Waals surface area contributed by atoms with Gasteiger partial charge in [0.05, 0.1) is 13.2 Å². The normalized spacial score (nSPS) is 12.6. The molecule has 0 radical (unpaired) electrons. The molecule has 0 amide bonds. The molecule has 0 saturated carbocycles. The van der Waals surface area contributed by atoms with Crippen molar-refractivity contribution in [1.29, 1.82) is 0 Å². The second-order valence-electron chi connectivity index (χ2n) is 3.47. The third-order valence-corrected chi connectivity index (χ3v) is 2.04. The quantitative estimate of drug-likeness (QED) is 0.805. The molecular formula is C11H15FO2. The van der Waals surface area contributed by atoms with E-state index in [1.807, 2.05) is 0 Å². The van der Waals surface area contributed by atoms with Crippen LogP contribution in [0.3, 0.4) is 0 Å². The molecule has 0 spiro atoms. The molecule has 0 heterocycles. The first-order valence-electron chi connectivity index (χ1n) is 4.55. The minimum Gasteiger partial charge on any atom is -0.496 e. The van der Waals surface area contributed by atoms with E-state index in [2.05, 4.69) is 0 Å². The Labute approximate surface area is 83.3 Å². The zero-order chi connectivity index (χ0) is 10.7. The molecule has 78 valence electrons. The lowest BCUT2D eigenvalue weighted by Crippen LogP contribution is -2.07.